The predicted octanol–water partition coefficient (Wildman–Crippen LogP) is 2.07. The summed E-state index contributed by atoms with van der Waals surface area (Å²) in [6.45, 7) is 1.29. The molecule has 1 fully saturated rings. The lowest BCUT2D eigenvalue weighted by Crippen LogP contribution is -2.43. The molecule has 1 aliphatic rings. The fourth-order valence-electron chi connectivity index (χ4n) is 2.28. The fraction of sp³-hybridized carbons (Fsp3) is 0.429. The van der Waals surface area contributed by atoms with E-state index in [1.54, 1.807) is 18.2 Å². The zero-order valence-electron chi connectivity index (χ0n) is 11.4. The van der Waals surface area contributed by atoms with Gasteiger partial charge in [0.2, 0.25) is 0 Å². The van der Waals surface area contributed by atoms with E-state index in [-0.39, 0.29) is 11.7 Å². The third-order valence-electron chi connectivity index (χ3n) is 3.42. The Bertz CT molecular complexity index is 614. The molecule has 21 heavy (non-hydrogen) atoms. The molecular weight excluding hydrogens is 293 g/mol. The molecule has 0 amide bonds. The molecule has 1 unspecified atom stereocenters. The molecule has 0 saturated carbocycles. The number of β-amino-alcohol motifs (C(OH)–C–C–N with tert-alkyl or cyclic N) is 1. The number of aliphatic hydroxyl groups is 1. The molecule has 2 aromatic rings. The number of aromatic nitrogens is 2. The van der Waals surface area contributed by atoms with Gasteiger partial charge in [-0.05, 0) is 31.5 Å². The molecule has 3 rings (SSSR count). The van der Waals surface area contributed by atoms with Crippen molar-refractivity contribution in [2.75, 3.05) is 13.1 Å². The Hall–Kier alpha value is -1.44. The molecule has 0 aliphatic carbocycles. The molecule has 0 radical (unpaired) electrons. The molecule has 1 saturated heterocycles. The van der Waals surface area contributed by atoms with Gasteiger partial charge < -0.3 is 14.9 Å². The summed E-state index contributed by atoms with van der Waals surface area (Å²) in [6, 6.07) is 6.56. The second-order valence-corrected chi connectivity index (χ2v) is 6.06. The minimum Gasteiger partial charge on any atom is -0.379 e. The van der Waals surface area contributed by atoms with Crippen LogP contribution in [-0.2, 0) is 11.4 Å². The lowest BCUT2D eigenvalue weighted by molar-refractivity contribution is -0.0167. The molecule has 5 nitrogen and oxygen atoms in total. The van der Waals surface area contributed by atoms with Crippen molar-refractivity contribution in [1.82, 2.24) is 15.5 Å². The number of hydrogen-bond acceptors (Lipinski definition) is 6. The summed E-state index contributed by atoms with van der Waals surface area (Å²) in [5, 5.41) is 17.4. The summed E-state index contributed by atoms with van der Waals surface area (Å²) in [4.78, 5) is 4.78. The number of piperidine rings is 1. The Morgan fingerprint density at radius 2 is 2.29 bits per heavy atom. The molecule has 0 bridgehead atoms. The van der Waals surface area contributed by atoms with E-state index in [4.69, 9.17) is 4.52 Å². The van der Waals surface area contributed by atoms with Crippen molar-refractivity contribution in [3.05, 3.63) is 41.8 Å². The molecule has 1 aliphatic heterocycles. The standard InChI is InChI=1S/C14H16FN3O2S/c15-10-4-1-2-5-11(10)21-8-12-17-13(20-18-12)14(19)6-3-7-16-9-14/h1-2,4-5,16,19H,3,6-9H2. The Kier molecular flexibility index (Phi) is 4.23. The van der Waals surface area contributed by atoms with Gasteiger partial charge in [0.15, 0.2) is 11.4 Å². The van der Waals surface area contributed by atoms with E-state index in [1.165, 1.54) is 17.8 Å². The van der Waals surface area contributed by atoms with Gasteiger partial charge in [-0.3, -0.25) is 0 Å². The molecular formula is C14H16FN3O2S. The number of nitrogens with one attached hydrogen (secondary N) is 1. The average molecular weight is 309 g/mol. The van der Waals surface area contributed by atoms with Crippen LogP contribution in [0.25, 0.3) is 0 Å². The van der Waals surface area contributed by atoms with Crippen molar-refractivity contribution >= 4 is 11.8 Å². The summed E-state index contributed by atoms with van der Waals surface area (Å²) >= 11 is 1.30. The van der Waals surface area contributed by atoms with Crippen molar-refractivity contribution in [2.45, 2.75) is 29.1 Å². The second-order valence-electron chi connectivity index (χ2n) is 5.05. The Labute approximate surface area is 125 Å². The maximum atomic E-state index is 13.5. The molecule has 1 aromatic heterocycles. The summed E-state index contributed by atoms with van der Waals surface area (Å²) in [5.74, 6) is 0.825. The van der Waals surface area contributed by atoms with Gasteiger partial charge in [0.05, 0.1) is 5.75 Å². The van der Waals surface area contributed by atoms with Crippen LogP contribution in [0.2, 0.25) is 0 Å². The highest BCUT2D eigenvalue weighted by atomic mass is 32.2. The molecule has 0 spiro atoms. The van der Waals surface area contributed by atoms with Gasteiger partial charge in [0.25, 0.3) is 5.89 Å². The maximum absolute atomic E-state index is 13.5. The molecule has 112 valence electrons. The first-order valence-electron chi connectivity index (χ1n) is 6.81. The van der Waals surface area contributed by atoms with E-state index in [0.717, 1.165) is 13.0 Å². The van der Waals surface area contributed by atoms with Crippen molar-refractivity contribution in [3.8, 4) is 0 Å². The van der Waals surface area contributed by atoms with Crippen LogP contribution in [0.1, 0.15) is 24.6 Å². The fourth-order valence-corrected chi connectivity index (χ4v) is 3.06. The lowest BCUT2D eigenvalue weighted by Gasteiger charge is -2.28. The number of benzene rings is 1. The minimum atomic E-state index is -1.09. The highest BCUT2D eigenvalue weighted by Gasteiger charge is 2.36. The summed E-state index contributed by atoms with van der Waals surface area (Å²) < 4.78 is 18.7. The number of halogens is 1. The topological polar surface area (TPSA) is 71.2 Å². The van der Waals surface area contributed by atoms with Gasteiger partial charge >= 0.3 is 0 Å². The number of nitrogens with zero attached hydrogens (tertiary/aromatic N) is 2. The van der Waals surface area contributed by atoms with E-state index in [9.17, 15) is 9.50 Å². The van der Waals surface area contributed by atoms with Crippen molar-refractivity contribution in [2.24, 2.45) is 0 Å². The first kappa shape index (κ1) is 14.5. The van der Waals surface area contributed by atoms with Crippen LogP contribution < -0.4 is 5.32 Å². The van der Waals surface area contributed by atoms with Gasteiger partial charge in [-0.25, -0.2) is 4.39 Å². The van der Waals surface area contributed by atoms with Crippen LogP contribution in [0.3, 0.4) is 0 Å². The van der Waals surface area contributed by atoms with Crippen LogP contribution in [-0.4, -0.2) is 28.3 Å². The largest absolute Gasteiger partial charge is 0.379 e. The van der Waals surface area contributed by atoms with Crippen LogP contribution in [0, 0.1) is 5.82 Å². The van der Waals surface area contributed by atoms with Gasteiger partial charge in [0.1, 0.15) is 5.82 Å². The van der Waals surface area contributed by atoms with Crippen LogP contribution >= 0.6 is 11.8 Å². The Morgan fingerprint density at radius 1 is 1.43 bits per heavy atom. The van der Waals surface area contributed by atoms with Gasteiger partial charge in [-0.1, -0.05) is 17.3 Å². The van der Waals surface area contributed by atoms with Crippen molar-refractivity contribution in [3.63, 3.8) is 0 Å². The number of thioether (sulfide) groups is 1. The zero-order chi connectivity index (χ0) is 14.7. The average Bonchev–Trinajstić information content (AvgIpc) is 2.97. The van der Waals surface area contributed by atoms with Gasteiger partial charge in [0, 0.05) is 11.4 Å². The molecule has 2 N–H and O–H groups in total. The van der Waals surface area contributed by atoms with Crippen molar-refractivity contribution in [1.29, 1.82) is 0 Å². The third-order valence-corrected chi connectivity index (χ3v) is 4.47. The van der Waals surface area contributed by atoms with Crippen LogP contribution in [0.15, 0.2) is 33.7 Å². The van der Waals surface area contributed by atoms with Crippen molar-refractivity contribution < 1.29 is 14.0 Å². The number of rotatable bonds is 4. The highest BCUT2D eigenvalue weighted by Crippen LogP contribution is 2.28. The summed E-state index contributed by atoms with van der Waals surface area (Å²) in [5.41, 5.74) is -1.09. The first-order valence-corrected chi connectivity index (χ1v) is 7.79. The first-order chi connectivity index (χ1) is 10.2. The van der Waals surface area contributed by atoms with Crippen LogP contribution in [0.4, 0.5) is 4.39 Å². The molecule has 1 atom stereocenters. The monoisotopic (exact) mass is 309 g/mol. The highest BCUT2D eigenvalue weighted by molar-refractivity contribution is 7.98. The normalized spacial score (nSPS) is 22.4. The lowest BCUT2D eigenvalue weighted by atomic mass is 9.94. The maximum Gasteiger partial charge on any atom is 0.259 e. The zero-order valence-corrected chi connectivity index (χ0v) is 12.2. The third kappa shape index (κ3) is 3.25. The molecule has 7 heteroatoms. The minimum absolute atomic E-state index is 0.235. The predicted molar refractivity (Wildman–Crippen MR) is 76.3 cm³/mol. The Balaban J connectivity index is 1.67. The van der Waals surface area contributed by atoms with Crippen LogP contribution in [0.5, 0.6) is 0 Å². The van der Waals surface area contributed by atoms with E-state index in [0.29, 0.717) is 29.4 Å². The van der Waals surface area contributed by atoms with Gasteiger partial charge in [-0.2, -0.15) is 4.98 Å². The summed E-state index contributed by atoms with van der Waals surface area (Å²) in [7, 11) is 0. The van der Waals surface area contributed by atoms with E-state index in [2.05, 4.69) is 15.5 Å². The number of hydrogen-bond donors (Lipinski definition) is 2. The smallest absolute Gasteiger partial charge is 0.259 e. The summed E-state index contributed by atoms with van der Waals surface area (Å²) in [6.07, 6.45) is 1.46. The Morgan fingerprint density at radius 3 is 3.05 bits per heavy atom. The molecule has 1 aromatic carbocycles. The SMILES string of the molecule is OC1(c2nc(CSc3ccccc3F)no2)CCCNC1. The van der Waals surface area contributed by atoms with Gasteiger partial charge in [-0.15, -0.1) is 11.8 Å². The second kappa shape index (κ2) is 6.13. The molecule has 2 heterocycles. The quantitative estimate of drug-likeness (QED) is 0.843. The van der Waals surface area contributed by atoms with E-state index < -0.39 is 5.60 Å². The van der Waals surface area contributed by atoms with E-state index in [1.807, 2.05) is 0 Å². The van der Waals surface area contributed by atoms with E-state index >= 15 is 0 Å².